The molecule has 3 unspecified atom stereocenters. The summed E-state index contributed by atoms with van der Waals surface area (Å²) in [6, 6.07) is -0.751. The average Bonchev–Trinajstić information content (AvgIpc) is 3.15. The second-order valence-corrected chi connectivity index (χ2v) is 19.7. The fourth-order valence-corrected chi connectivity index (χ4v) is 8.20. The lowest BCUT2D eigenvalue weighted by Crippen LogP contribution is -2.46. The maximum absolute atomic E-state index is 12.7. The van der Waals surface area contributed by atoms with E-state index >= 15 is 0 Å². The molecule has 336 valence electrons. The van der Waals surface area contributed by atoms with Gasteiger partial charge >= 0.3 is 7.82 Å². The lowest BCUT2D eigenvalue weighted by atomic mass is 10.0. The molecule has 0 saturated carbocycles. The Bertz CT molecular complexity index is 885. The van der Waals surface area contributed by atoms with Crippen molar-refractivity contribution >= 4 is 13.7 Å². The van der Waals surface area contributed by atoms with Gasteiger partial charge in [-0.3, -0.25) is 13.8 Å². The molecule has 1 amide bonds. The van der Waals surface area contributed by atoms with Gasteiger partial charge in [-0.15, -0.1) is 0 Å². The summed E-state index contributed by atoms with van der Waals surface area (Å²) in [4.78, 5) is 22.9. The van der Waals surface area contributed by atoms with Crippen LogP contribution in [0.15, 0.2) is 0 Å². The Morgan fingerprint density at radius 1 is 0.536 bits per heavy atom. The number of nitrogens with zero attached hydrogens (tertiary/aromatic N) is 1. The molecule has 0 aliphatic rings. The predicted octanol–water partition coefficient (Wildman–Crippen LogP) is 13.8. The van der Waals surface area contributed by atoms with Gasteiger partial charge in [0.2, 0.25) is 5.91 Å². The molecule has 0 aromatic carbocycles. The number of phosphoric ester groups is 1. The Morgan fingerprint density at radius 3 is 1.20 bits per heavy atom. The molecule has 0 aromatic rings. The molecule has 0 heterocycles. The molecule has 0 rings (SSSR count). The molecule has 0 aliphatic heterocycles. The van der Waals surface area contributed by atoms with E-state index in [0.29, 0.717) is 23.9 Å². The monoisotopic (exact) mass is 818 g/mol. The number of carbonyl (C=O) groups is 1. The van der Waals surface area contributed by atoms with Crippen LogP contribution in [0.4, 0.5) is 0 Å². The summed E-state index contributed by atoms with van der Waals surface area (Å²) in [5, 5.41) is 13.8. The third-order valence-corrected chi connectivity index (χ3v) is 12.3. The van der Waals surface area contributed by atoms with Crippen molar-refractivity contribution < 1.29 is 32.9 Å². The molecule has 0 radical (unpaired) electrons. The number of carbonyl (C=O) groups excluding carboxylic acids is 1. The van der Waals surface area contributed by atoms with Gasteiger partial charge in [-0.1, -0.05) is 226 Å². The van der Waals surface area contributed by atoms with Gasteiger partial charge in [0.25, 0.3) is 0 Å². The van der Waals surface area contributed by atoms with E-state index in [-0.39, 0.29) is 19.1 Å². The highest BCUT2D eigenvalue weighted by molar-refractivity contribution is 7.47. The van der Waals surface area contributed by atoms with Crippen LogP contribution in [0.2, 0.25) is 0 Å². The Kier molecular flexibility index (Phi) is 39.6. The number of quaternary nitrogens is 1. The number of likely N-dealkylation sites (N-methyl/N-ethyl adjacent to an activating group) is 1. The van der Waals surface area contributed by atoms with Gasteiger partial charge in [0.05, 0.1) is 39.9 Å². The van der Waals surface area contributed by atoms with Crippen LogP contribution in [-0.4, -0.2) is 73.4 Å². The Balaban J connectivity index is 3.85. The fraction of sp³-hybridized carbons (Fsp3) is 0.979. The summed E-state index contributed by atoms with van der Waals surface area (Å²) >= 11 is 0. The second kappa shape index (κ2) is 39.9. The van der Waals surface area contributed by atoms with Crippen LogP contribution in [0.1, 0.15) is 245 Å². The number of unbranched alkanes of at least 4 members (excludes halogenated alkanes) is 32. The summed E-state index contributed by atoms with van der Waals surface area (Å²) in [6.07, 6.45) is 44.9. The van der Waals surface area contributed by atoms with Crippen molar-refractivity contribution in [1.29, 1.82) is 0 Å². The lowest BCUT2D eigenvalue weighted by molar-refractivity contribution is -0.870. The molecule has 3 atom stereocenters. The standard InChI is InChI=1S/C47H97N2O6P/c1-6-8-10-12-13-14-15-16-17-18-19-20-21-22-23-24-25-26-27-28-29-30-31-32-33-34-35-37-38-40-46(50)45(48-47(51)41-39-36-11-9-7-2)44-55-56(52,53)54-43-42-49(3,4)5/h45-46,50H,6-44H2,1-5H3,(H-,48,51,52,53)/p+1. The highest BCUT2D eigenvalue weighted by Crippen LogP contribution is 2.43. The Morgan fingerprint density at radius 2 is 0.857 bits per heavy atom. The normalized spacial score (nSPS) is 14.2. The summed E-state index contributed by atoms with van der Waals surface area (Å²) in [5.41, 5.74) is 0. The van der Waals surface area contributed by atoms with E-state index in [1.807, 2.05) is 21.1 Å². The van der Waals surface area contributed by atoms with Crippen molar-refractivity contribution in [2.24, 2.45) is 0 Å². The smallest absolute Gasteiger partial charge is 0.391 e. The summed E-state index contributed by atoms with van der Waals surface area (Å²) in [6.45, 7) is 4.82. The topological polar surface area (TPSA) is 105 Å². The second-order valence-electron chi connectivity index (χ2n) is 18.2. The summed E-state index contributed by atoms with van der Waals surface area (Å²) in [5.74, 6) is -0.154. The third kappa shape index (κ3) is 41.7. The largest absolute Gasteiger partial charge is 0.472 e. The van der Waals surface area contributed by atoms with E-state index in [1.165, 1.54) is 167 Å². The summed E-state index contributed by atoms with van der Waals surface area (Å²) in [7, 11) is 1.62. The maximum atomic E-state index is 12.7. The number of hydrogen-bond donors (Lipinski definition) is 3. The van der Waals surface area contributed by atoms with Gasteiger partial charge in [-0.05, 0) is 12.8 Å². The molecule has 56 heavy (non-hydrogen) atoms. The molecule has 0 bridgehead atoms. The Hall–Kier alpha value is -0.500. The molecule has 0 aromatic heterocycles. The number of aliphatic hydroxyl groups is 1. The average molecular weight is 818 g/mol. The molecular formula is C47H98N2O6P+. The van der Waals surface area contributed by atoms with Gasteiger partial charge in [0.15, 0.2) is 0 Å². The van der Waals surface area contributed by atoms with Gasteiger partial charge < -0.3 is 19.8 Å². The van der Waals surface area contributed by atoms with Crippen LogP contribution >= 0.6 is 7.82 Å². The molecule has 0 saturated heterocycles. The fourth-order valence-electron chi connectivity index (χ4n) is 7.46. The zero-order chi connectivity index (χ0) is 41.4. The molecule has 0 spiro atoms. The van der Waals surface area contributed by atoms with Crippen molar-refractivity contribution in [2.45, 2.75) is 257 Å². The van der Waals surface area contributed by atoms with Crippen LogP contribution in [0.25, 0.3) is 0 Å². The van der Waals surface area contributed by atoms with Crippen molar-refractivity contribution in [3.63, 3.8) is 0 Å². The zero-order valence-corrected chi connectivity index (χ0v) is 39.0. The third-order valence-electron chi connectivity index (χ3n) is 11.4. The van der Waals surface area contributed by atoms with E-state index in [9.17, 15) is 19.4 Å². The van der Waals surface area contributed by atoms with Crippen LogP contribution in [0.3, 0.4) is 0 Å². The minimum Gasteiger partial charge on any atom is -0.391 e. The first-order valence-electron chi connectivity index (χ1n) is 24.4. The molecule has 3 N–H and O–H groups in total. The van der Waals surface area contributed by atoms with Gasteiger partial charge in [-0.25, -0.2) is 4.57 Å². The number of hydrogen-bond acceptors (Lipinski definition) is 5. The van der Waals surface area contributed by atoms with E-state index < -0.39 is 20.0 Å². The SMILES string of the molecule is CCCCCCCCCCCCCCCCCCCCCCCCCCCCCCCC(O)C(COP(=O)(O)OCC[N+](C)(C)C)NC(=O)CCCCCCC. The minimum atomic E-state index is -4.30. The number of phosphoric acid groups is 1. The lowest BCUT2D eigenvalue weighted by Gasteiger charge is -2.26. The number of nitrogens with one attached hydrogen (secondary N) is 1. The van der Waals surface area contributed by atoms with Crippen LogP contribution in [0.5, 0.6) is 0 Å². The van der Waals surface area contributed by atoms with Crippen LogP contribution in [0, 0.1) is 0 Å². The van der Waals surface area contributed by atoms with E-state index in [2.05, 4.69) is 19.2 Å². The van der Waals surface area contributed by atoms with Gasteiger partial charge in [-0.2, -0.15) is 0 Å². The van der Waals surface area contributed by atoms with E-state index in [0.717, 1.165) is 51.4 Å². The molecule has 0 fully saturated rings. The zero-order valence-electron chi connectivity index (χ0n) is 38.2. The maximum Gasteiger partial charge on any atom is 0.472 e. The van der Waals surface area contributed by atoms with Gasteiger partial charge in [0.1, 0.15) is 13.2 Å². The number of amides is 1. The molecule has 0 aliphatic carbocycles. The highest BCUT2D eigenvalue weighted by atomic mass is 31.2. The minimum absolute atomic E-state index is 0.0776. The summed E-state index contributed by atoms with van der Waals surface area (Å²) < 4.78 is 23.5. The highest BCUT2D eigenvalue weighted by Gasteiger charge is 2.28. The van der Waals surface area contributed by atoms with Crippen LogP contribution < -0.4 is 5.32 Å². The van der Waals surface area contributed by atoms with Crippen LogP contribution in [-0.2, 0) is 18.4 Å². The molecular weight excluding hydrogens is 719 g/mol. The number of rotatable bonds is 45. The van der Waals surface area contributed by atoms with Crippen molar-refractivity contribution in [1.82, 2.24) is 5.32 Å². The quantitative estimate of drug-likeness (QED) is 0.0321. The number of aliphatic hydroxyl groups excluding tert-OH is 1. The van der Waals surface area contributed by atoms with Crippen molar-refractivity contribution in [3.05, 3.63) is 0 Å². The van der Waals surface area contributed by atoms with Crippen molar-refractivity contribution in [2.75, 3.05) is 40.9 Å². The Labute approximate surface area is 349 Å². The first-order valence-corrected chi connectivity index (χ1v) is 25.9. The first-order chi connectivity index (χ1) is 27.0. The van der Waals surface area contributed by atoms with Gasteiger partial charge in [0, 0.05) is 6.42 Å². The van der Waals surface area contributed by atoms with Crippen molar-refractivity contribution in [3.8, 4) is 0 Å². The predicted molar refractivity (Wildman–Crippen MR) is 240 cm³/mol. The molecule has 9 heteroatoms. The first kappa shape index (κ1) is 55.5. The van der Waals surface area contributed by atoms with E-state index in [4.69, 9.17) is 9.05 Å². The van der Waals surface area contributed by atoms with E-state index in [1.54, 1.807) is 0 Å². The molecule has 8 nitrogen and oxygen atoms in total.